The highest BCUT2D eigenvalue weighted by Gasteiger charge is 2.25. The maximum atomic E-state index is 13.1. The van der Waals surface area contributed by atoms with Crippen LogP contribution >= 0.6 is 11.8 Å². The van der Waals surface area contributed by atoms with Gasteiger partial charge in [-0.15, -0.1) is 11.8 Å². The number of rotatable bonds is 8. The van der Waals surface area contributed by atoms with E-state index in [-0.39, 0.29) is 17.6 Å². The Bertz CT molecular complexity index is 1020. The third-order valence-electron chi connectivity index (χ3n) is 5.58. The second-order valence-electron chi connectivity index (χ2n) is 8.02. The number of aryl methyl sites for hydroxylation is 1. The molecule has 0 aliphatic carbocycles. The average Bonchev–Trinajstić information content (AvgIpc) is 3.27. The summed E-state index contributed by atoms with van der Waals surface area (Å²) in [6.07, 6.45) is 1.63. The minimum atomic E-state index is -0.297. The molecule has 0 unspecified atom stereocenters. The van der Waals surface area contributed by atoms with Crippen molar-refractivity contribution in [3.8, 4) is 11.4 Å². The standard InChI is InChI=1S/C24H27FN4O2S/c1-17-2-8-21(9-3-17)32-15-12-26-24(30)19-10-13-29(14-11-19)16-22-27-23(28-31-22)18-4-6-20(25)7-5-18/h2-9,19H,10-16H2,1H3,(H,26,30). The predicted molar refractivity (Wildman–Crippen MR) is 123 cm³/mol. The molecule has 1 aromatic heterocycles. The summed E-state index contributed by atoms with van der Waals surface area (Å²) in [7, 11) is 0. The highest BCUT2D eigenvalue weighted by atomic mass is 32.2. The first-order valence-electron chi connectivity index (χ1n) is 10.8. The lowest BCUT2D eigenvalue weighted by Crippen LogP contribution is -2.40. The van der Waals surface area contributed by atoms with E-state index in [4.69, 9.17) is 4.52 Å². The smallest absolute Gasteiger partial charge is 0.241 e. The highest BCUT2D eigenvalue weighted by molar-refractivity contribution is 7.99. The minimum Gasteiger partial charge on any atom is -0.355 e. The molecule has 8 heteroatoms. The lowest BCUT2D eigenvalue weighted by molar-refractivity contribution is -0.126. The molecule has 2 aromatic carbocycles. The predicted octanol–water partition coefficient (Wildman–Crippen LogP) is 4.30. The van der Waals surface area contributed by atoms with E-state index in [1.165, 1.54) is 22.6 Å². The molecule has 6 nitrogen and oxygen atoms in total. The van der Waals surface area contributed by atoms with E-state index in [2.05, 4.69) is 51.5 Å². The zero-order chi connectivity index (χ0) is 22.3. The van der Waals surface area contributed by atoms with Gasteiger partial charge in [0.2, 0.25) is 17.6 Å². The number of nitrogens with one attached hydrogen (secondary N) is 1. The number of amides is 1. The molecule has 3 aromatic rings. The van der Waals surface area contributed by atoms with Crippen LogP contribution in [-0.2, 0) is 11.3 Å². The molecule has 1 aliphatic rings. The van der Waals surface area contributed by atoms with E-state index in [1.807, 2.05) is 0 Å². The number of aromatic nitrogens is 2. The van der Waals surface area contributed by atoms with Gasteiger partial charge >= 0.3 is 0 Å². The zero-order valence-electron chi connectivity index (χ0n) is 18.1. The maximum Gasteiger partial charge on any atom is 0.241 e. The Morgan fingerprint density at radius 1 is 1.16 bits per heavy atom. The van der Waals surface area contributed by atoms with Crippen molar-refractivity contribution in [2.24, 2.45) is 5.92 Å². The van der Waals surface area contributed by atoms with Gasteiger partial charge < -0.3 is 9.84 Å². The fourth-order valence-corrected chi connectivity index (χ4v) is 4.47. The van der Waals surface area contributed by atoms with Crippen molar-refractivity contribution in [2.45, 2.75) is 31.2 Å². The van der Waals surface area contributed by atoms with Crippen molar-refractivity contribution in [1.82, 2.24) is 20.4 Å². The van der Waals surface area contributed by atoms with E-state index in [0.29, 0.717) is 24.8 Å². The average molecular weight is 455 g/mol. The molecule has 1 N–H and O–H groups in total. The summed E-state index contributed by atoms with van der Waals surface area (Å²) < 4.78 is 18.4. The van der Waals surface area contributed by atoms with Crippen LogP contribution in [0.2, 0.25) is 0 Å². The molecular formula is C24H27FN4O2S. The molecule has 168 valence electrons. The lowest BCUT2D eigenvalue weighted by Gasteiger charge is -2.30. The van der Waals surface area contributed by atoms with Crippen LogP contribution in [0.3, 0.4) is 0 Å². The normalized spacial score (nSPS) is 15.1. The van der Waals surface area contributed by atoms with Crippen molar-refractivity contribution < 1.29 is 13.7 Å². The molecule has 2 heterocycles. The van der Waals surface area contributed by atoms with E-state index in [1.54, 1.807) is 23.9 Å². The zero-order valence-corrected chi connectivity index (χ0v) is 18.9. The first-order chi connectivity index (χ1) is 15.6. The second-order valence-corrected chi connectivity index (χ2v) is 9.19. The van der Waals surface area contributed by atoms with E-state index in [0.717, 1.165) is 37.2 Å². The summed E-state index contributed by atoms with van der Waals surface area (Å²) in [6.45, 7) is 4.92. The van der Waals surface area contributed by atoms with E-state index in [9.17, 15) is 9.18 Å². The Balaban J connectivity index is 1.17. The Labute approximate surface area is 191 Å². The van der Waals surface area contributed by atoms with Gasteiger partial charge in [0.05, 0.1) is 6.54 Å². The molecule has 1 fully saturated rings. The van der Waals surface area contributed by atoms with Crippen LogP contribution in [-0.4, -0.2) is 46.3 Å². The first kappa shape index (κ1) is 22.5. The van der Waals surface area contributed by atoms with Gasteiger partial charge in [0.1, 0.15) is 5.82 Å². The number of hydrogen-bond acceptors (Lipinski definition) is 6. The molecule has 1 aliphatic heterocycles. The topological polar surface area (TPSA) is 71.3 Å². The number of halogens is 1. The fourth-order valence-electron chi connectivity index (χ4n) is 3.70. The van der Waals surface area contributed by atoms with Gasteiger partial charge in [-0.2, -0.15) is 4.98 Å². The molecule has 4 rings (SSSR count). The molecule has 0 atom stereocenters. The van der Waals surface area contributed by atoms with Gasteiger partial charge in [0.15, 0.2) is 0 Å². The monoisotopic (exact) mass is 454 g/mol. The molecule has 0 spiro atoms. The molecule has 1 amide bonds. The molecule has 0 saturated carbocycles. The van der Waals surface area contributed by atoms with E-state index >= 15 is 0 Å². The van der Waals surface area contributed by atoms with Crippen LogP contribution in [0.5, 0.6) is 0 Å². The third-order valence-corrected chi connectivity index (χ3v) is 6.59. The molecule has 1 saturated heterocycles. The largest absolute Gasteiger partial charge is 0.355 e. The van der Waals surface area contributed by atoms with Crippen LogP contribution in [0.4, 0.5) is 4.39 Å². The molecular weight excluding hydrogens is 427 g/mol. The van der Waals surface area contributed by atoms with Gasteiger partial charge in [0.25, 0.3) is 0 Å². The van der Waals surface area contributed by atoms with Crippen molar-refractivity contribution in [3.63, 3.8) is 0 Å². The van der Waals surface area contributed by atoms with Gasteiger partial charge in [-0.3, -0.25) is 9.69 Å². The SMILES string of the molecule is Cc1ccc(SCCNC(=O)C2CCN(Cc3nc(-c4ccc(F)cc4)no3)CC2)cc1. The summed E-state index contributed by atoms with van der Waals surface area (Å²) >= 11 is 1.76. The van der Waals surface area contributed by atoms with Crippen molar-refractivity contribution in [3.05, 3.63) is 65.8 Å². The van der Waals surface area contributed by atoms with Gasteiger partial charge in [0, 0.05) is 28.7 Å². The molecule has 0 radical (unpaired) electrons. The highest BCUT2D eigenvalue weighted by Crippen LogP contribution is 2.21. The summed E-state index contributed by atoms with van der Waals surface area (Å²) in [6, 6.07) is 14.5. The quantitative estimate of drug-likeness (QED) is 0.404. The Morgan fingerprint density at radius 2 is 1.88 bits per heavy atom. The number of carbonyl (C=O) groups excluding carboxylic acids is 1. The van der Waals surface area contributed by atoms with E-state index < -0.39 is 0 Å². The number of likely N-dealkylation sites (tertiary alicyclic amines) is 1. The minimum absolute atomic E-state index is 0.0492. The van der Waals surface area contributed by atoms with Crippen LogP contribution in [0.15, 0.2) is 57.9 Å². The van der Waals surface area contributed by atoms with Gasteiger partial charge in [-0.1, -0.05) is 22.9 Å². The molecule has 32 heavy (non-hydrogen) atoms. The third kappa shape index (κ3) is 6.17. The van der Waals surface area contributed by atoms with Crippen molar-refractivity contribution in [2.75, 3.05) is 25.4 Å². The summed E-state index contributed by atoms with van der Waals surface area (Å²) in [5.74, 6) is 1.74. The number of hydrogen-bond donors (Lipinski definition) is 1. The summed E-state index contributed by atoms with van der Waals surface area (Å²) in [5.41, 5.74) is 1.97. The Kier molecular flexibility index (Phi) is 7.55. The van der Waals surface area contributed by atoms with Crippen molar-refractivity contribution in [1.29, 1.82) is 0 Å². The number of nitrogens with zero attached hydrogens (tertiary/aromatic N) is 3. The fraction of sp³-hybridized carbons (Fsp3) is 0.375. The number of piperidine rings is 1. The van der Waals surface area contributed by atoms with Crippen LogP contribution in [0.25, 0.3) is 11.4 Å². The first-order valence-corrected chi connectivity index (χ1v) is 11.8. The summed E-state index contributed by atoms with van der Waals surface area (Å²) in [4.78, 5) is 20.4. The number of carbonyl (C=O) groups is 1. The maximum absolute atomic E-state index is 13.1. The van der Waals surface area contributed by atoms with Crippen molar-refractivity contribution >= 4 is 17.7 Å². The number of benzene rings is 2. The second kappa shape index (κ2) is 10.7. The lowest BCUT2D eigenvalue weighted by atomic mass is 9.96. The number of thioether (sulfide) groups is 1. The molecule has 0 bridgehead atoms. The van der Waals surface area contributed by atoms with Gasteiger partial charge in [-0.25, -0.2) is 4.39 Å². The van der Waals surface area contributed by atoms with Crippen LogP contribution < -0.4 is 5.32 Å². The van der Waals surface area contributed by atoms with Crippen LogP contribution in [0, 0.1) is 18.7 Å². The Morgan fingerprint density at radius 3 is 2.59 bits per heavy atom. The Hall–Kier alpha value is -2.71. The summed E-state index contributed by atoms with van der Waals surface area (Å²) in [5, 5.41) is 7.07. The van der Waals surface area contributed by atoms with Crippen LogP contribution in [0.1, 0.15) is 24.3 Å². The van der Waals surface area contributed by atoms with Gasteiger partial charge in [-0.05, 0) is 69.3 Å².